The van der Waals surface area contributed by atoms with Gasteiger partial charge in [0, 0.05) is 54.9 Å². The zero-order valence-electron chi connectivity index (χ0n) is 17.3. The van der Waals surface area contributed by atoms with Gasteiger partial charge in [0.2, 0.25) is 0 Å². The summed E-state index contributed by atoms with van der Waals surface area (Å²) in [4.78, 5) is 12.4. The van der Waals surface area contributed by atoms with Gasteiger partial charge >= 0.3 is 0 Å². The molecular formula is C24H30ClN3O2. The van der Waals surface area contributed by atoms with Gasteiger partial charge in [-0.3, -0.25) is 4.90 Å². The van der Waals surface area contributed by atoms with E-state index in [1.807, 2.05) is 0 Å². The Morgan fingerprint density at radius 1 is 1.10 bits per heavy atom. The van der Waals surface area contributed by atoms with Crippen LogP contribution in [-0.4, -0.2) is 40.2 Å². The molecule has 6 heteroatoms. The van der Waals surface area contributed by atoms with Crippen LogP contribution in [0.25, 0.3) is 0 Å². The monoisotopic (exact) mass is 427 g/mol. The predicted octanol–water partition coefficient (Wildman–Crippen LogP) is 4.60. The van der Waals surface area contributed by atoms with E-state index in [-0.39, 0.29) is 18.5 Å². The SMILES string of the molecule is Cl.c1ccc(OCC2CCCO2)c(CN2C3CCC2c2cnc(C4CC4)nc2C3)c1. The maximum absolute atomic E-state index is 6.20. The molecule has 2 saturated heterocycles. The quantitative estimate of drug-likeness (QED) is 0.674. The Bertz CT molecular complexity index is 898. The minimum Gasteiger partial charge on any atom is -0.491 e. The lowest BCUT2D eigenvalue weighted by molar-refractivity contribution is 0.0669. The van der Waals surface area contributed by atoms with Gasteiger partial charge in [-0.25, -0.2) is 9.97 Å². The molecule has 1 aromatic carbocycles. The number of nitrogens with zero attached hydrogens (tertiary/aromatic N) is 3. The lowest BCUT2D eigenvalue weighted by Gasteiger charge is -2.36. The normalized spacial score (nSPS) is 27.5. The average molecular weight is 428 g/mol. The molecule has 4 aliphatic rings. The van der Waals surface area contributed by atoms with E-state index in [1.54, 1.807) is 0 Å². The fourth-order valence-electron chi connectivity index (χ4n) is 5.30. The van der Waals surface area contributed by atoms with E-state index in [9.17, 15) is 0 Å². The van der Waals surface area contributed by atoms with Gasteiger partial charge in [0.25, 0.3) is 0 Å². The molecule has 1 aliphatic carbocycles. The summed E-state index contributed by atoms with van der Waals surface area (Å²) in [5.41, 5.74) is 3.95. The lowest BCUT2D eigenvalue weighted by atomic mass is 9.98. The maximum atomic E-state index is 6.20. The van der Waals surface area contributed by atoms with Crippen molar-refractivity contribution in [1.82, 2.24) is 14.9 Å². The maximum Gasteiger partial charge on any atom is 0.131 e. The fraction of sp³-hybridized carbons (Fsp3) is 0.583. The number of para-hydroxylation sites is 1. The molecule has 2 aromatic rings. The summed E-state index contributed by atoms with van der Waals surface area (Å²) in [5.74, 6) is 2.72. The second-order valence-corrected chi connectivity index (χ2v) is 9.08. The molecule has 0 N–H and O–H groups in total. The van der Waals surface area contributed by atoms with E-state index < -0.39 is 0 Å². The Morgan fingerprint density at radius 2 is 2.00 bits per heavy atom. The molecule has 0 radical (unpaired) electrons. The predicted molar refractivity (Wildman–Crippen MR) is 117 cm³/mol. The molecule has 3 aliphatic heterocycles. The average Bonchev–Trinajstić information content (AvgIpc) is 3.40. The van der Waals surface area contributed by atoms with Gasteiger partial charge in [-0.05, 0) is 44.6 Å². The van der Waals surface area contributed by atoms with E-state index in [2.05, 4.69) is 35.4 Å². The summed E-state index contributed by atoms with van der Waals surface area (Å²) < 4.78 is 11.9. The van der Waals surface area contributed by atoms with Crippen molar-refractivity contribution < 1.29 is 9.47 Å². The van der Waals surface area contributed by atoms with Crippen LogP contribution < -0.4 is 4.74 Å². The highest BCUT2D eigenvalue weighted by Crippen LogP contribution is 2.45. The van der Waals surface area contributed by atoms with Crippen molar-refractivity contribution in [2.75, 3.05) is 13.2 Å². The van der Waals surface area contributed by atoms with Crippen molar-refractivity contribution >= 4 is 12.4 Å². The molecule has 1 aromatic heterocycles. The first-order chi connectivity index (χ1) is 14.3. The summed E-state index contributed by atoms with van der Waals surface area (Å²) in [5, 5.41) is 0. The molecule has 3 fully saturated rings. The van der Waals surface area contributed by atoms with Crippen molar-refractivity contribution in [3.8, 4) is 5.75 Å². The molecule has 0 spiro atoms. The van der Waals surface area contributed by atoms with Crippen molar-refractivity contribution in [2.45, 2.75) is 75.6 Å². The molecule has 2 bridgehead atoms. The summed E-state index contributed by atoms with van der Waals surface area (Å²) in [6.07, 6.45) is 10.7. The largest absolute Gasteiger partial charge is 0.491 e. The Balaban J connectivity index is 0.00000193. The van der Waals surface area contributed by atoms with Crippen LogP contribution in [0.15, 0.2) is 30.5 Å². The summed E-state index contributed by atoms with van der Waals surface area (Å²) >= 11 is 0. The third kappa shape index (κ3) is 3.83. The van der Waals surface area contributed by atoms with Crippen LogP contribution in [0.2, 0.25) is 0 Å². The van der Waals surface area contributed by atoms with E-state index in [0.29, 0.717) is 24.6 Å². The van der Waals surface area contributed by atoms with Gasteiger partial charge in [-0.2, -0.15) is 0 Å². The van der Waals surface area contributed by atoms with Crippen LogP contribution in [-0.2, 0) is 17.7 Å². The van der Waals surface area contributed by atoms with Crippen molar-refractivity contribution in [2.24, 2.45) is 0 Å². The smallest absolute Gasteiger partial charge is 0.131 e. The highest BCUT2D eigenvalue weighted by molar-refractivity contribution is 5.85. The minimum atomic E-state index is 0. The number of ether oxygens (including phenoxy) is 2. The van der Waals surface area contributed by atoms with Crippen molar-refractivity contribution in [3.63, 3.8) is 0 Å². The lowest BCUT2D eigenvalue weighted by Crippen LogP contribution is -2.37. The second-order valence-electron chi connectivity index (χ2n) is 9.08. The molecule has 3 atom stereocenters. The van der Waals surface area contributed by atoms with E-state index >= 15 is 0 Å². The Labute approximate surface area is 184 Å². The molecule has 0 amide bonds. The third-order valence-corrected chi connectivity index (χ3v) is 7.07. The zero-order valence-corrected chi connectivity index (χ0v) is 18.2. The Morgan fingerprint density at radius 3 is 2.83 bits per heavy atom. The first-order valence-corrected chi connectivity index (χ1v) is 11.3. The van der Waals surface area contributed by atoms with Gasteiger partial charge in [0.05, 0.1) is 11.8 Å². The van der Waals surface area contributed by atoms with E-state index in [4.69, 9.17) is 19.4 Å². The number of hydrogen-bond acceptors (Lipinski definition) is 5. The first kappa shape index (κ1) is 20.2. The highest BCUT2D eigenvalue weighted by Gasteiger charge is 2.41. The molecule has 4 heterocycles. The van der Waals surface area contributed by atoms with Crippen molar-refractivity contribution in [3.05, 3.63) is 53.1 Å². The number of hydrogen-bond donors (Lipinski definition) is 0. The van der Waals surface area contributed by atoms with Crippen LogP contribution >= 0.6 is 12.4 Å². The van der Waals surface area contributed by atoms with Crippen molar-refractivity contribution in [1.29, 1.82) is 0 Å². The fourth-order valence-corrected chi connectivity index (χ4v) is 5.30. The van der Waals surface area contributed by atoms with Gasteiger partial charge in [-0.1, -0.05) is 18.2 Å². The molecule has 160 valence electrons. The molecule has 3 unspecified atom stereocenters. The molecule has 1 saturated carbocycles. The molecule has 5 nitrogen and oxygen atoms in total. The van der Waals surface area contributed by atoms with Crippen LogP contribution in [0.4, 0.5) is 0 Å². The third-order valence-electron chi connectivity index (χ3n) is 7.07. The first-order valence-electron chi connectivity index (χ1n) is 11.3. The van der Waals surface area contributed by atoms with Gasteiger partial charge < -0.3 is 9.47 Å². The summed E-state index contributed by atoms with van der Waals surface area (Å²) in [7, 11) is 0. The molecule has 30 heavy (non-hydrogen) atoms. The summed E-state index contributed by atoms with van der Waals surface area (Å²) in [6, 6.07) is 9.55. The second kappa shape index (κ2) is 8.45. The summed E-state index contributed by atoms with van der Waals surface area (Å²) in [6.45, 7) is 2.46. The van der Waals surface area contributed by atoms with Crippen LogP contribution in [0.1, 0.15) is 73.1 Å². The van der Waals surface area contributed by atoms with Crippen LogP contribution in [0.3, 0.4) is 0 Å². The zero-order chi connectivity index (χ0) is 19.2. The van der Waals surface area contributed by atoms with Gasteiger partial charge in [-0.15, -0.1) is 12.4 Å². The van der Waals surface area contributed by atoms with E-state index in [0.717, 1.165) is 44.0 Å². The highest BCUT2D eigenvalue weighted by atomic mass is 35.5. The molecule has 6 rings (SSSR count). The number of fused-ring (bicyclic) bond motifs is 4. The Hall–Kier alpha value is -1.69. The minimum absolute atomic E-state index is 0. The standard InChI is InChI=1S/C24H29N3O2.ClH/c1-2-6-23(29-15-19-5-3-11-28-19)17(4-1)14-27-18-9-10-22(27)20-13-25-24(16-7-8-16)26-21(20)12-18;/h1-2,4,6,13,16,18-19,22H,3,5,7-12,14-15H2;1H. The molecular weight excluding hydrogens is 398 g/mol. The van der Waals surface area contributed by atoms with Gasteiger partial charge in [0.1, 0.15) is 18.2 Å². The number of aromatic nitrogens is 2. The van der Waals surface area contributed by atoms with E-state index in [1.165, 1.54) is 42.5 Å². The van der Waals surface area contributed by atoms with Crippen LogP contribution in [0.5, 0.6) is 5.75 Å². The number of rotatable bonds is 6. The number of benzene rings is 1. The Kier molecular flexibility index (Phi) is 5.69. The topological polar surface area (TPSA) is 47.5 Å². The van der Waals surface area contributed by atoms with Crippen LogP contribution in [0, 0.1) is 0 Å². The van der Waals surface area contributed by atoms with Gasteiger partial charge in [0.15, 0.2) is 0 Å². The number of halogens is 1.